The second-order valence-corrected chi connectivity index (χ2v) is 7.43. The van der Waals surface area contributed by atoms with Crippen LogP contribution < -0.4 is 5.32 Å². The molecule has 0 radical (unpaired) electrons. The Morgan fingerprint density at radius 1 is 1.17 bits per heavy atom. The van der Waals surface area contributed by atoms with Gasteiger partial charge in [-0.25, -0.2) is 23.2 Å². The number of esters is 1. The highest BCUT2D eigenvalue weighted by Crippen LogP contribution is 2.18. The molecule has 0 spiro atoms. The van der Waals surface area contributed by atoms with Crippen molar-refractivity contribution in [1.82, 2.24) is 9.97 Å². The van der Waals surface area contributed by atoms with Gasteiger partial charge in [0.2, 0.25) is 5.95 Å². The summed E-state index contributed by atoms with van der Waals surface area (Å²) in [6.07, 6.45) is 3.05. The fraction of sp³-hybridized carbons (Fsp3) is 0.267. The number of hydrogen-bond donors (Lipinski definition) is 1. The topological polar surface area (TPSA) is 98.2 Å². The summed E-state index contributed by atoms with van der Waals surface area (Å²) in [6, 6.07) is 8.35. The summed E-state index contributed by atoms with van der Waals surface area (Å²) < 4.78 is 28.0. The first kappa shape index (κ1) is 15.4. The van der Waals surface area contributed by atoms with Crippen LogP contribution in [0, 0.1) is 0 Å². The predicted octanol–water partition coefficient (Wildman–Crippen LogP) is 1.56. The Bertz CT molecular complexity index is 791. The molecular formula is C15H15N3O4S. The Balaban J connectivity index is 1.62. The maximum Gasteiger partial charge on any atom is 0.338 e. The highest BCUT2D eigenvalue weighted by Gasteiger charge is 2.30. The molecule has 23 heavy (non-hydrogen) atoms. The molecule has 1 atom stereocenters. The van der Waals surface area contributed by atoms with E-state index in [1.54, 1.807) is 42.7 Å². The third kappa shape index (κ3) is 4.04. The minimum atomic E-state index is -3.07. The summed E-state index contributed by atoms with van der Waals surface area (Å²) in [5, 5.41) is 3.00. The van der Waals surface area contributed by atoms with Crippen LogP contribution in [-0.4, -0.2) is 42.0 Å². The Hall–Kier alpha value is -2.48. The monoisotopic (exact) mass is 333 g/mol. The summed E-state index contributed by atoms with van der Waals surface area (Å²) in [5.74, 6) is -0.0807. The van der Waals surface area contributed by atoms with Gasteiger partial charge in [-0.1, -0.05) is 0 Å². The normalized spacial score (nSPS) is 19.2. The molecule has 0 aliphatic carbocycles. The zero-order valence-corrected chi connectivity index (χ0v) is 13.0. The van der Waals surface area contributed by atoms with E-state index in [1.807, 2.05) is 0 Å². The van der Waals surface area contributed by atoms with Crippen LogP contribution in [0.2, 0.25) is 0 Å². The van der Waals surface area contributed by atoms with Crippen LogP contribution in [0.3, 0.4) is 0 Å². The number of nitrogens with zero attached hydrogens (tertiary/aromatic N) is 2. The van der Waals surface area contributed by atoms with Crippen molar-refractivity contribution in [2.75, 3.05) is 16.8 Å². The molecule has 3 rings (SSSR count). The molecule has 1 N–H and O–H groups in total. The second kappa shape index (κ2) is 6.33. The van der Waals surface area contributed by atoms with Gasteiger partial charge >= 0.3 is 5.97 Å². The van der Waals surface area contributed by atoms with Gasteiger partial charge in [0.15, 0.2) is 9.84 Å². The fourth-order valence-corrected chi connectivity index (χ4v) is 3.85. The van der Waals surface area contributed by atoms with Gasteiger partial charge in [0.1, 0.15) is 6.10 Å². The summed E-state index contributed by atoms with van der Waals surface area (Å²) in [4.78, 5) is 20.1. The van der Waals surface area contributed by atoms with Crippen LogP contribution in [0.4, 0.5) is 11.6 Å². The van der Waals surface area contributed by atoms with E-state index in [4.69, 9.17) is 4.74 Å². The number of nitrogens with one attached hydrogen (secondary N) is 1. The first-order valence-electron chi connectivity index (χ1n) is 7.07. The summed E-state index contributed by atoms with van der Waals surface area (Å²) in [6.45, 7) is 0. The van der Waals surface area contributed by atoms with Crippen molar-refractivity contribution in [3.05, 3.63) is 48.3 Å². The summed E-state index contributed by atoms with van der Waals surface area (Å²) in [7, 11) is -3.07. The van der Waals surface area contributed by atoms with Gasteiger partial charge in [-0.05, 0) is 36.8 Å². The Morgan fingerprint density at radius 2 is 1.87 bits per heavy atom. The van der Waals surface area contributed by atoms with Gasteiger partial charge in [0, 0.05) is 18.1 Å². The molecule has 8 heteroatoms. The van der Waals surface area contributed by atoms with Crippen molar-refractivity contribution in [2.45, 2.75) is 12.5 Å². The lowest BCUT2D eigenvalue weighted by atomic mass is 10.2. The van der Waals surface area contributed by atoms with E-state index in [1.165, 1.54) is 0 Å². The number of aromatic nitrogens is 2. The molecule has 1 fully saturated rings. The fourth-order valence-electron chi connectivity index (χ4n) is 2.26. The lowest BCUT2D eigenvalue weighted by Gasteiger charge is -2.10. The van der Waals surface area contributed by atoms with Crippen LogP contribution in [0.5, 0.6) is 0 Å². The summed E-state index contributed by atoms with van der Waals surface area (Å²) in [5.41, 5.74) is 1.10. The van der Waals surface area contributed by atoms with Gasteiger partial charge in [-0.2, -0.15) is 0 Å². The number of hydrogen-bond acceptors (Lipinski definition) is 7. The molecule has 1 saturated heterocycles. The number of carbonyl (C=O) groups is 1. The molecule has 7 nitrogen and oxygen atoms in total. The van der Waals surface area contributed by atoms with Crippen molar-refractivity contribution < 1.29 is 17.9 Å². The SMILES string of the molecule is O=C(OC1CCS(=O)(=O)C1)c1ccc(Nc2ncccn2)cc1. The first-order chi connectivity index (χ1) is 11.0. The number of rotatable bonds is 4. The zero-order chi connectivity index (χ0) is 16.3. The van der Waals surface area contributed by atoms with E-state index in [0.29, 0.717) is 17.9 Å². The van der Waals surface area contributed by atoms with Crippen LogP contribution in [0.25, 0.3) is 0 Å². The second-order valence-electron chi connectivity index (χ2n) is 5.21. The van der Waals surface area contributed by atoms with Gasteiger partial charge in [-0.3, -0.25) is 0 Å². The van der Waals surface area contributed by atoms with E-state index in [2.05, 4.69) is 15.3 Å². The maximum atomic E-state index is 12.0. The van der Waals surface area contributed by atoms with Crippen molar-refractivity contribution in [1.29, 1.82) is 0 Å². The van der Waals surface area contributed by atoms with E-state index in [0.717, 1.165) is 5.69 Å². The molecule has 1 unspecified atom stereocenters. The molecule has 0 amide bonds. The van der Waals surface area contributed by atoms with Gasteiger partial charge in [0.25, 0.3) is 0 Å². The molecule has 1 aromatic carbocycles. The maximum absolute atomic E-state index is 12.0. The number of ether oxygens (including phenoxy) is 1. The Kier molecular flexibility index (Phi) is 4.24. The largest absolute Gasteiger partial charge is 0.458 e. The summed E-state index contributed by atoms with van der Waals surface area (Å²) >= 11 is 0. The molecule has 1 aliphatic rings. The number of sulfone groups is 1. The van der Waals surface area contributed by atoms with E-state index in [-0.39, 0.29) is 11.5 Å². The quantitative estimate of drug-likeness (QED) is 0.848. The molecule has 1 aromatic heterocycles. The van der Waals surface area contributed by atoms with Crippen LogP contribution in [-0.2, 0) is 14.6 Å². The van der Waals surface area contributed by atoms with Gasteiger partial charge in [-0.15, -0.1) is 0 Å². The van der Waals surface area contributed by atoms with Crippen molar-refractivity contribution in [3.63, 3.8) is 0 Å². The van der Waals surface area contributed by atoms with Crippen LogP contribution >= 0.6 is 0 Å². The first-order valence-corrected chi connectivity index (χ1v) is 8.89. The molecule has 0 bridgehead atoms. The van der Waals surface area contributed by atoms with Gasteiger partial charge in [0.05, 0.1) is 17.1 Å². The number of carbonyl (C=O) groups excluding carboxylic acids is 1. The standard InChI is InChI=1S/C15H15N3O4S/c19-14(22-13-6-9-23(20,21)10-13)11-2-4-12(5-3-11)18-15-16-7-1-8-17-15/h1-5,7-8,13H,6,9-10H2,(H,16,17,18). The average Bonchev–Trinajstić information content (AvgIpc) is 2.88. The molecule has 1 aliphatic heterocycles. The molecular weight excluding hydrogens is 318 g/mol. The van der Waals surface area contributed by atoms with Crippen molar-refractivity contribution in [3.8, 4) is 0 Å². The number of anilines is 2. The van der Waals surface area contributed by atoms with Crippen LogP contribution in [0.1, 0.15) is 16.8 Å². The smallest absolute Gasteiger partial charge is 0.338 e. The molecule has 120 valence electrons. The van der Waals surface area contributed by atoms with E-state index in [9.17, 15) is 13.2 Å². The third-order valence-corrected chi connectivity index (χ3v) is 5.14. The highest BCUT2D eigenvalue weighted by molar-refractivity contribution is 7.91. The van der Waals surface area contributed by atoms with Crippen molar-refractivity contribution in [2.24, 2.45) is 0 Å². The highest BCUT2D eigenvalue weighted by atomic mass is 32.2. The lowest BCUT2D eigenvalue weighted by molar-refractivity contribution is 0.0356. The number of benzene rings is 1. The molecule has 2 heterocycles. The molecule has 0 saturated carbocycles. The van der Waals surface area contributed by atoms with E-state index < -0.39 is 21.9 Å². The average molecular weight is 333 g/mol. The van der Waals surface area contributed by atoms with Crippen molar-refractivity contribution >= 4 is 27.4 Å². The Morgan fingerprint density at radius 3 is 2.48 bits per heavy atom. The van der Waals surface area contributed by atoms with Gasteiger partial charge < -0.3 is 10.1 Å². The minimum absolute atomic E-state index is 0.0743. The van der Waals surface area contributed by atoms with E-state index >= 15 is 0 Å². The Labute approximate surface area is 133 Å². The predicted molar refractivity (Wildman–Crippen MR) is 84.2 cm³/mol. The van der Waals surface area contributed by atoms with Crippen LogP contribution in [0.15, 0.2) is 42.7 Å². The minimum Gasteiger partial charge on any atom is -0.458 e. The third-order valence-electron chi connectivity index (χ3n) is 3.41. The lowest BCUT2D eigenvalue weighted by Crippen LogP contribution is -2.19. The zero-order valence-electron chi connectivity index (χ0n) is 12.2. The molecule has 2 aromatic rings.